The highest BCUT2D eigenvalue weighted by Gasteiger charge is 2.13. The third-order valence-corrected chi connectivity index (χ3v) is 3.04. The van der Waals surface area contributed by atoms with E-state index in [1.54, 1.807) is 6.07 Å². The number of aliphatic hydroxyl groups excluding tert-OH is 1. The lowest BCUT2D eigenvalue weighted by molar-refractivity contribution is -0.139. The van der Waals surface area contributed by atoms with E-state index in [4.69, 9.17) is 0 Å². The van der Waals surface area contributed by atoms with Gasteiger partial charge in [0.2, 0.25) is 5.76 Å². The van der Waals surface area contributed by atoms with Crippen LogP contribution in [0.4, 0.5) is 4.39 Å². The fraction of sp³-hybridized carbons (Fsp3) is 0.231. The highest BCUT2D eigenvalue weighted by molar-refractivity contribution is 9.10. The summed E-state index contributed by atoms with van der Waals surface area (Å²) < 4.78 is 17.6. The van der Waals surface area contributed by atoms with Gasteiger partial charge in [-0.1, -0.05) is 6.07 Å². The second-order valence-electron chi connectivity index (χ2n) is 3.96. The van der Waals surface area contributed by atoms with Crippen LogP contribution in [0, 0.1) is 5.82 Å². The van der Waals surface area contributed by atoms with Gasteiger partial charge in [0.05, 0.1) is 17.7 Å². The van der Waals surface area contributed by atoms with E-state index in [0.29, 0.717) is 10.0 Å². The molecule has 0 heterocycles. The standard InChI is InChI=1S/C13H13BrFNO4/c1-16(12(18)6-11(17)13(19)20-2)7-8-3-4-10(15)9(14)5-8/h3-6,17H,7H2,1-2H3/b11-6-. The number of hydrogen-bond donors (Lipinski definition) is 1. The number of nitrogens with zero attached hydrogens (tertiary/aromatic N) is 1. The van der Waals surface area contributed by atoms with E-state index >= 15 is 0 Å². The summed E-state index contributed by atoms with van der Waals surface area (Å²) in [6, 6.07) is 4.36. The minimum atomic E-state index is -0.990. The van der Waals surface area contributed by atoms with Crippen molar-refractivity contribution < 1.29 is 23.8 Å². The van der Waals surface area contributed by atoms with Gasteiger partial charge in [0.15, 0.2) is 0 Å². The van der Waals surface area contributed by atoms with Crippen molar-refractivity contribution in [1.29, 1.82) is 0 Å². The molecule has 1 rings (SSSR count). The van der Waals surface area contributed by atoms with Crippen molar-refractivity contribution >= 4 is 27.8 Å². The molecular formula is C13H13BrFNO4. The highest BCUT2D eigenvalue weighted by Crippen LogP contribution is 2.17. The van der Waals surface area contributed by atoms with Gasteiger partial charge in [-0.2, -0.15) is 0 Å². The first-order valence-corrected chi connectivity index (χ1v) is 6.32. The molecule has 1 aromatic carbocycles. The van der Waals surface area contributed by atoms with Gasteiger partial charge < -0.3 is 14.7 Å². The fourth-order valence-corrected chi connectivity index (χ4v) is 1.81. The van der Waals surface area contributed by atoms with E-state index in [1.165, 1.54) is 24.1 Å². The van der Waals surface area contributed by atoms with Crippen molar-refractivity contribution in [3.05, 3.63) is 45.9 Å². The Morgan fingerprint density at radius 2 is 2.15 bits per heavy atom. The maximum Gasteiger partial charge on any atom is 0.373 e. The van der Waals surface area contributed by atoms with Crippen LogP contribution in [0.15, 0.2) is 34.5 Å². The molecule has 1 N–H and O–H groups in total. The summed E-state index contributed by atoms with van der Waals surface area (Å²) in [5.74, 6) is -2.74. The number of carbonyl (C=O) groups excluding carboxylic acids is 2. The predicted molar refractivity (Wildman–Crippen MR) is 73.3 cm³/mol. The van der Waals surface area contributed by atoms with E-state index in [1.807, 2.05) is 0 Å². The minimum Gasteiger partial charge on any atom is -0.502 e. The molecule has 0 fully saturated rings. The number of hydrogen-bond acceptors (Lipinski definition) is 4. The average Bonchev–Trinajstić information content (AvgIpc) is 2.41. The van der Waals surface area contributed by atoms with Crippen LogP contribution in [-0.2, 0) is 20.9 Å². The van der Waals surface area contributed by atoms with Crippen molar-refractivity contribution in [1.82, 2.24) is 4.90 Å². The average molecular weight is 346 g/mol. The third kappa shape index (κ3) is 4.34. The fourth-order valence-electron chi connectivity index (χ4n) is 1.38. The van der Waals surface area contributed by atoms with E-state index < -0.39 is 23.5 Å². The Morgan fingerprint density at radius 1 is 1.50 bits per heavy atom. The first-order chi connectivity index (χ1) is 9.35. The molecule has 7 heteroatoms. The number of benzene rings is 1. The van der Waals surface area contributed by atoms with Crippen molar-refractivity contribution in [2.45, 2.75) is 6.54 Å². The van der Waals surface area contributed by atoms with Gasteiger partial charge in [-0.3, -0.25) is 4.79 Å². The molecule has 108 valence electrons. The van der Waals surface area contributed by atoms with Gasteiger partial charge in [-0.15, -0.1) is 0 Å². The summed E-state index contributed by atoms with van der Waals surface area (Å²) >= 11 is 3.05. The van der Waals surface area contributed by atoms with E-state index in [-0.39, 0.29) is 6.54 Å². The molecule has 5 nitrogen and oxygen atoms in total. The number of ether oxygens (including phenoxy) is 1. The predicted octanol–water partition coefficient (Wildman–Crippen LogP) is 2.16. The van der Waals surface area contributed by atoms with Crippen LogP contribution in [0.25, 0.3) is 0 Å². The molecule has 0 radical (unpaired) electrons. The number of esters is 1. The number of methoxy groups -OCH3 is 1. The highest BCUT2D eigenvalue weighted by atomic mass is 79.9. The summed E-state index contributed by atoms with van der Waals surface area (Å²) in [5.41, 5.74) is 0.695. The third-order valence-electron chi connectivity index (χ3n) is 2.43. The van der Waals surface area contributed by atoms with Gasteiger partial charge >= 0.3 is 5.97 Å². The van der Waals surface area contributed by atoms with Gasteiger partial charge in [-0.05, 0) is 33.6 Å². The molecule has 0 spiro atoms. The molecule has 0 saturated heterocycles. The molecule has 1 aromatic rings. The van der Waals surface area contributed by atoms with Crippen molar-refractivity contribution in [3.8, 4) is 0 Å². The van der Waals surface area contributed by atoms with Gasteiger partial charge in [0, 0.05) is 13.6 Å². The zero-order chi connectivity index (χ0) is 15.3. The van der Waals surface area contributed by atoms with Crippen LogP contribution >= 0.6 is 15.9 Å². The first kappa shape index (κ1) is 16.2. The topological polar surface area (TPSA) is 66.8 Å². The van der Waals surface area contributed by atoms with Crippen LogP contribution in [0.2, 0.25) is 0 Å². The molecule has 0 bridgehead atoms. The zero-order valence-corrected chi connectivity index (χ0v) is 12.5. The van der Waals surface area contributed by atoms with Crippen molar-refractivity contribution in [3.63, 3.8) is 0 Å². The number of amides is 1. The van der Waals surface area contributed by atoms with Crippen molar-refractivity contribution in [2.24, 2.45) is 0 Å². The Labute approximate surface area is 123 Å². The molecule has 0 aliphatic rings. The quantitative estimate of drug-likeness (QED) is 0.516. The Balaban J connectivity index is 2.75. The number of halogens is 2. The second kappa shape index (κ2) is 7.04. The summed E-state index contributed by atoms with van der Waals surface area (Å²) in [7, 11) is 2.58. The Kier molecular flexibility index (Phi) is 5.69. The van der Waals surface area contributed by atoms with Crippen molar-refractivity contribution in [2.75, 3.05) is 14.2 Å². The molecule has 0 aliphatic heterocycles. The Morgan fingerprint density at radius 3 is 2.70 bits per heavy atom. The monoisotopic (exact) mass is 345 g/mol. The lowest BCUT2D eigenvalue weighted by atomic mass is 10.2. The number of carbonyl (C=O) groups is 2. The van der Waals surface area contributed by atoms with Crippen LogP contribution in [0.5, 0.6) is 0 Å². The lowest BCUT2D eigenvalue weighted by Crippen LogP contribution is -2.25. The Bertz CT molecular complexity index is 559. The summed E-state index contributed by atoms with van der Waals surface area (Å²) in [6.07, 6.45) is 0.768. The second-order valence-corrected chi connectivity index (χ2v) is 4.82. The van der Waals surface area contributed by atoms with E-state index in [0.717, 1.165) is 13.2 Å². The van der Waals surface area contributed by atoms with Crippen LogP contribution in [0.3, 0.4) is 0 Å². The van der Waals surface area contributed by atoms with Gasteiger partial charge in [0.1, 0.15) is 5.82 Å². The minimum absolute atomic E-state index is 0.197. The molecule has 0 atom stereocenters. The molecule has 0 aromatic heterocycles. The molecule has 1 amide bonds. The maximum atomic E-state index is 13.1. The van der Waals surface area contributed by atoms with Crippen LogP contribution < -0.4 is 0 Å². The molecular weight excluding hydrogens is 333 g/mol. The van der Waals surface area contributed by atoms with E-state index in [2.05, 4.69) is 20.7 Å². The molecule has 0 unspecified atom stereocenters. The van der Waals surface area contributed by atoms with E-state index in [9.17, 15) is 19.1 Å². The zero-order valence-electron chi connectivity index (χ0n) is 10.9. The SMILES string of the molecule is COC(=O)/C(O)=C/C(=O)N(C)Cc1ccc(F)c(Br)c1. The van der Waals surface area contributed by atoms with Crippen LogP contribution in [-0.4, -0.2) is 36.0 Å². The largest absolute Gasteiger partial charge is 0.502 e. The number of likely N-dealkylation sites (N-methyl/N-ethyl adjacent to an activating group) is 1. The summed E-state index contributed by atoms with van der Waals surface area (Å²) in [5, 5.41) is 9.27. The molecule has 20 heavy (non-hydrogen) atoms. The Hall–Kier alpha value is -1.89. The van der Waals surface area contributed by atoms with Crippen LogP contribution in [0.1, 0.15) is 5.56 Å². The normalized spacial score (nSPS) is 11.1. The van der Waals surface area contributed by atoms with Gasteiger partial charge in [-0.25, -0.2) is 9.18 Å². The first-order valence-electron chi connectivity index (χ1n) is 5.53. The summed E-state index contributed by atoms with van der Waals surface area (Å²) in [6.45, 7) is 0.197. The maximum absolute atomic E-state index is 13.1. The molecule has 0 aliphatic carbocycles. The smallest absolute Gasteiger partial charge is 0.373 e. The summed E-state index contributed by atoms with van der Waals surface area (Å²) in [4.78, 5) is 23.9. The lowest BCUT2D eigenvalue weighted by Gasteiger charge is -2.15. The number of rotatable bonds is 4. The molecule has 0 saturated carbocycles. The van der Waals surface area contributed by atoms with Gasteiger partial charge in [0.25, 0.3) is 5.91 Å². The number of aliphatic hydroxyl groups is 1.